The van der Waals surface area contributed by atoms with E-state index < -0.39 is 0 Å². The Kier molecular flexibility index (Phi) is 4.40. The van der Waals surface area contributed by atoms with Gasteiger partial charge in [0.15, 0.2) is 0 Å². The maximum Gasteiger partial charge on any atom is 0.239 e. The Morgan fingerprint density at radius 3 is 2.45 bits per heavy atom. The minimum absolute atomic E-state index is 0.259. The predicted octanol–water partition coefficient (Wildman–Crippen LogP) is 3.36. The van der Waals surface area contributed by atoms with Gasteiger partial charge in [-0.3, -0.25) is 0 Å². The number of nitrogens with two attached hydrogens (primary N) is 1. The van der Waals surface area contributed by atoms with Crippen LogP contribution >= 0.6 is 0 Å². The number of ether oxygens (including phenoxy) is 1. The molecule has 0 saturated carbocycles. The van der Waals surface area contributed by atoms with Crippen molar-refractivity contribution in [1.82, 2.24) is 4.98 Å². The summed E-state index contributed by atoms with van der Waals surface area (Å²) in [5.74, 6) is 0.882. The SMILES string of the molecule is CCOc1nc(N(CC)c2ccc(F)cc2)ccc1N. The van der Waals surface area contributed by atoms with Gasteiger partial charge in [0, 0.05) is 12.2 Å². The van der Waals surface area contributed by atoms with Crippen molar-refractivity contribution in [3.63, 3.8) is 0 Å². The quantitative estimate of drug-likeness (QED) is 0.909. The standard InChI is InChI=1S/C15H18FN3O/c1-3-19(12-7-5-11(16)6-8-12)14-10-9-13(17)15(18-14)20-4-2/h5-10H,3-4,17H2,1-2H3. The van der Waals surface area contributed by atoms with Gasteiger partial charge in [0.25, 0.3) is 0 Å². The molecule has 2 N–H and O–H groups in total. The van der Waals surface area contributed by atoms with E-state index in [1.165, 1.54) is 12.1 Å². The van der Waals surface area contributed by atoms with Crippen LogP contribution in [0.15, 0.2) is 36.4 Å². The summed E-state index contributed by atoms with van der Waals surface area (Å²) in [6.45, 7) is 5.09. The van der Waals surface area contributed by atoms with Crippen LogP contribution in [0.25, 0.3) is 0 Å². The van der Waals surface area contributed by atoms with E-state index in [1.54, 1.807) is 18.2 Å². The first kappa shape index (κ1) is 14.1. The molecular weight excluding hydrogens is 257 g/mol. The van der Waals surface area contributed by atoms with Gasteiger partial charge in [-0.1, -0.05) is 0 Å². The maximum absolute atomic E-state index is 13.0. The van der Waals surface area contributed by atoms with Crippen LogP contribution in [0.2, 0.25) is 0 Å². The van der Waals surface area contributed by atoms with Crippen LogP contribution in [-0.4, -0.2) is 18.1 Å². The molecule has 2 aromatic rings. The number of nitrogen functional groups attached to an aromatic ring is 1. The third-order valence-corrected chi connectivity index (χ3v) is 2.89. The molecule has 106 valence electrons. The fraction of sp³-hybridized carbons (Fsp3) is 0.267. The zero-order valence-corrected chi connectivity index (χ0v) is 11.6. The van der Waals surface area contributed by atoms with Crippen LogP contribution < -0.4 is 15.4 Å². The number of aromatic nitrogens is 1. The van der Waals surface area contributed by atoms with Gasteiger partial charge in [0.1, 0.15) is 11.6 Å². The molecule has 4 nitrogen and oxygen atoms in total. The van der Waals surface area contributed by atoms with E-state index >= 15 is 0 Å². The smallest absolute Gasteiger partial charge is 0.239 e. The Balaban J connectivity index is 2.36. The van der Waals surface area contributed by atoms with Crippen LogP contribution in [0.1, 0.15) is 13.8 Å². The molecular formula is C15H18FN3O. The number of pyridine rings is 1. The van der Waals surface area contributed by atoms with Gasteiger partial charge in [-0.2, -0.15) is 4.98 Å². The lowest BCUT2D eigenvalue weighted by Crippen LogP contribution is -2.18. The highest BCUT2D eigenvalue weighted by Gasteiger charge is 2.11. The second-order valence-electron chi connectivity index (χ2n) is 4.22. The Morgan fingerprint density at radius 2 is 1.85 bits per heavy atom. The minimum atomic E-state index is -0.259. The van der Waals surface area contributed by atoms with Crippen molar-refractivity contribution in [3.8, 4) is 5.88 Å². The van der Waals surface area contributed by atoms with Gasteiger partial charge in [0.2, 0.25) is 5.88 Å². The van der Waals surface area contributed by atoms with Crippen LogP contribution in [0.4, 0.5) is 21.6 Å². The molecule has 0 aliphatic heterocycles. The minimum Gasteiger partial charge on any atom is -0.476 e. The molecule has 0 radical (unpaired) electrons. The number of nitrogens with zero attached hydrogens (tertiary/aromatic N) is 2. The predicted molar refractivity (Wildman–Crippen MR) is 78.9 cm³/mol. The highest BCUT2D eigenvalue weighted by atomic mass is 19.1. The first-order chi connectivity index (χ1) is 9.65. The second-order valence-corrected chi connectivity index (χ2v) is 4.22. The summed E-state index contributed by atoms with van der Waals surface area (Å²) in [6, 6.07) is 9.89. The molecule has 0 aliphatic rings. The number of halogens is 1. The van der Waals surface area contributed by atoms with E-state index in [2.05, 4.69) is 4.98 Å². The lowest BCUT2D eigenvalue weighted by Gasteiger charge is -2.22. The molecule has 1 aromatic carbocycles. The number of hydrogen-bond acceptors (Lipinski definition) is 4. The van der Waals surface area contributed by atoms with Crippen molar-refractivity contribution in [3.05, 3.63) is 42.2 Å². The number of anilines is 3. The summed E-state index contributed by atoms with van der Waals surface area (Å²) in [5.41, 5.74) is 7.19. The fourth-order valence-electron chi connectivity index (χ4n) is 1.94. The number of hydrogen-bond donors (Lipinski definition) is 1. The summed E-state index contributed by atoms with van der Waals surface area (Å²) >= 11 is 0. The molecule has 1 heterocycles. The van der Waals surface area contributed by atoms with Crippen molar-refractivity contribution in [2.45, 2.75) is 13.8 Å². The molecule has 0 amide bonds. The molecule has 5 heteroatoms. The topological polar surface area (TPSA) is 51.4 Å². The van der Waals surface area contributed by atoms with Crippen LogP contribution in [0, 0.1) is 5.82 Å². The normalized spacial score (nSPS) is 10.3. The second kappa shape index (κ2) is 6.23. The van der Waals surface area contributed by atoms with E-state index in [1.807, 2.05) is 24.8 Å². The van der Waals surface area contributed by atoms with Crippen molar-refractivity contribution >= 4 is 17.2 Å². The van der Waals surface area contributed by atoms with Crippen molar-refractivity contribution in [2.75, 3.05) is 23.8 Å². The van der Waals surface area contributed by atoms with Gasteiger partial charge in [-0.25, -0.2) is 4.39 Å². The summed E-state index contributed by atoms with van der Waals surface area (Å²) < 4.78 is 18.4. The zero-order chi connectivity index (χ0) is 14.5. The van der Waals surface area contributed by atoms with Crippen LogP contribution in [0.3, 0.4) is 0 Å². The third kappa shape index (κ3) is 2.99. The number of rotatable bonds is 5. The van der Waals surface area contributed by atoms with Gasteiger partial charge >= 0.3 is 0 Å². The average Bonchev–Trinajstić information content (AvgIpc) is 2.45. The fourth-order valence-corrected chi connectivity index (χ4v) is 1.94. The third-order valence-electron chi connectivity index (χ3n) is 2.89. The summed E-state index contributed by atoms with van der Waals surface area (Å²) in [5, 5.41) is 0. The van der Waals surface area contributed by atoms with Crippen LogP contribution in [-0.2, 0) is 0 Å². The summed E-state index contributed by atoms with van der Waals surface area (Å²) in [6.07, 6.45) is 0. The van der Waals surface area contributed by atoms with E-state index in [9.17, 15) is 4.39 Å². The van der Waals surface area contributed by atoms with Gasteiger partial charge < -0.3 is 15.4 Å². The maximum atomic E-state index is 13.0. The molecule has 0 bridgehead atoms. The largest absolute Gasteiger partial charge is 0.476 e. The molecule has 2 rings (SSSR count). The highest BCUT2D eigenvalue weighted by molar-refractivity contribution is 5.63. The average molecular weight is 275 g/mol. The Bertz CT molecular complexity index is 572. The first-order valence-corrected chi connectivity index (χ1v) is 6.58. The van der Waals surface area contributed by atoms with Gasteiger partial charge in [-0.15, -0.1) is 0 Å². The molecule has 20 heavy (non-hydrogen) atoms. The lowest BCUT2D eigenvalue weighted by molar-refractivity contribution is 0.329. The van der Waals surface area contributed by atoms with E-state index in [0.29, 0.717) is 24.7 Å². The molecule has 0 unspecified atom stereocenters. The molecule has 0 fully saturated rings. The molecule has 0 atom stereocenters. The van der Waals surface area contributed by atoms with E-state index in [0.717, 1.165) is 11.5 Å². The van der Waals surface area contributed by atoms with Gasteiger partial charge in [-0.05, 0) is 50.2 Å². The molecule has 0 spiro atoms. The Morgan fingerprint density at radius 1 is 1.15 bits per heavy atom. The Labute approximate surface area is 118 Å². The lowest BCUT2D eigenvalue weighted by atomic mass is 10.2. The van der Waals surface area contributed by atoms with Crippen molar-refractivity contribution in [1.29, 1.82) is 0 Å². The van der Waals surface area contributed by atoms with E-state index in [-0.39, 0.29) is 5.82 Å². The zero-order valence-electron chi connectivity index (χ0n) is 11.6. The van der Waals surface area contributed by atoms with Crippen molar-refractivity contribution in [2.24, 2.45) is 0 Å². The molecule has 0 aliphatic carbocycles. The first-order valence-electron chi connectivity index (χ1n) is 6.58. The summed E-state index contributed by atoms with van der Waals surface area (Å²) in [4.78, 5) is 6.38. The van der Waals surface area contributed by atoms with E-state index in [4.69, 9.17) is 10.5 Å². The van der Waals surface area contributed by atoms with Gasteiger partial charge in [0.05, 0.1) is 12.3 Å². The summed E-state index contributed by atoms with van der Waals surface area (Å²) in [7, 11) is 0. The Hall–Kier alpha value is -2.30. The number of benzene rings is 1. The van der Waals surface area contributed by atoms with Crippen LogP contribution in [0.5, 0.6) is 5.88 Å². The monoisotopic (exact) mass is 275 g/mol. The van der Waals surface area contributed by atoms with Crippen molar-refractivity contribution < 1.29 is 9.13 Å². The molecule has 0 saturated heterocycles. The molecule has 1 aromatic heterocycles. The highest BCUT2D eigenvalue weighted by Crippen LogP contribution is 2.28.